The summed E-state index contributed by atoms with van der Waals surface area (Å²) < 4.78 is 0.719. The minimum atomic E-state index is 0.390. The Kier molecular flexibility index (Phi) is 5.32. The molecular formula is C12H10BrCl3N4. The van der Waals surface area contributed by atoms with E-state index in [2.05, 4.69) is 36.5 Å². The summed E-state index contributed by atoms with van der Waals surface area (Å²) >= 11 is 21.6. The highest BCUT2D eigenvalue weighted by Crippen LogP contribution is 2.37. The van der Waals surface area contributed by atoms with Gasteiger partial charge in [-0.2, -0.15) is 4.98 Å². The molecule has 106 valence electrons. The van der Waals surface area contributed by atoms with Gasteiger partial charge in [-0.15, -0.1) is 0 Å². The molecule has 0 aliphatic rings. The number of aromatic nitrogens is 2. The van der Waals surface area contributed by atoms with Gasteiger partial charge in [0.1, 0.15) is 5.02 Å². The quantitative estimate of drug-likeness (QED) is 0.682. The lowest BCUT2D eigenvalue weighted by Crippen LogP contribution is -2.04. The third-order valence-electron chi connectivity index (χ3n) is 2.37. The maximum Gasteiger partial charge on any atom is 0.224 e. The minimum absolute atomic E-state index is 0.390. The van der Waals surface area contributed by atoms with E-state index < -0.39 is 0 Å². The molecule has 0 fully saturated rings. The summed E-state index contributed by atoms with van der Waals surface area (Å²) in [6.07, 6.45) is 1.52. The van der Waals surface area contributed by atoms with Crippen molar-refractivity contribution in [2.45, 2.75) is 6.92 Å². The highest BCUT2D eigenvalue weighted by atomic mass is 79.9. The van der Waals surface area contributed by atoms with Gasteiger partial charge in [0.05, 0.1) is 21.9 Å². The maximum atomic E-state index is 6.18. The monoisotopic (exact) mass is 394 g/mol. The van der Waals surface area contributed by atoms with Gasteiger partial charge in [0.25, 0.3) is 0 Å². The molecule has 0 bridgehead atoms. The highest BCUT2D eigenvalue weighted by Gasteiger charge is 2.11. The number of nitrogens with zero attached hydrogens (tertiary/aromatic N) is 2. The number of nitrogens with one attached hydrogen (secondary N) is 2. The Bertz CT molecular complexity index is 636. The van der Waals surface area contributed by atoms with Gasteiger partial charge in [-0.25, -0.2) is 4.98 Å². The zero-order valence-corrected chi connectivity index (χ0v) is 14.2. The molecule has 0 atom stereocenters. The molecule has 0 saturated carbocycles. The van der Waals surface area contributed by atoms with Crippen LogP contribution < -0.4 is 10.6 Å². The van der Waals surface area contributed by atoms with Crippen LogP contribution in [-0.2, 0) is 0 Å². The summed E-state index contributed by atoms with van der Waals surface area (Å²) in [5, 5.41) is 7.26. The van der Waals surface area contributed by atoms with Crippen LogP contribution in [0.2, 0.25) is 15.1 Å². The van der Waals surface area contributed by atoms with Crippen LogP contribution in [-0.4, -0.2) is 16.5 Å². The Labute approximate surface area is 140 Å². The minimum Gasteiger partial charge on any atom is -0.354 e. The second-order valence-corrected chi connectivity index (χ2v) is 5.79. The van der Waals surface area contributed by atoms with Crippen molar-refractivity contribution < 1.29 is 0 Å². The SMILES string of the molecule is CCNc1ncc(Cl)c(Nc2ccc(Br)c(Cl)c2Cl)n1. The first-order valence-corrected chi connectivity index (χ1v) is 7.62. The van der Waals surface area contributed by atoms with E-state index in [1.807, 2.05) is 6.92 Å². The number of hydrogen-bond acceptors (Lipinski definition) is 4. The van der Waals surface area contributed by atoms with E-state index in [-0.39, 0.29) is 0 Å². The van der Waals surface area contributed by atoms with E-state index in [1.54, 1.807) is 12.1 Å². The Morgan fingerprint density at radius 2 is 1.95 bits per heavy atom. The molecule has 20 heavy (non-hydrogen) atoms. The fraction of sp³-hybridized carbons (Fsp3) is 0.167. The first-order valence-electron chi connectivity index (χ1n) is 5.69. The van der Waals surface area contributed by atoms with Crippen molar-refractivity contribution in [3.8, 4) is 0 Å². The second-order valence-electron chi connectivity index (χ2n) is 3.77. The fourth-order valence-electron chi connectivity index (χ4n) is 1.45. The van der Waals surface area contributed by atoms with Crippen LogP contribution in [0.5, 0.6) is 0 Å². The molecule has 8 heteroatoms. The second kappa shape index (κ2) is 6.80. The number of halogens is 4. The highest BCUT2D eigenvalue weighted by molar-refractivity contribution is 9.10. The largest absolute Gasteiger partial charge is 0.354 e. The number of anilines is 3. The molecule has 0 radical (unpaired) electrons. The fourth-order valence-corrected chi connectivity index (χ4v) is 2.41. The van der Waals surface area contributed by atoms with Crippen LogP contribution in [0.25, 0.3) is 0 Å². The maximum absolute atomic E-state index is 6.18. The molecule has 0 saturated heterocycles. The zero-order valence-electron chi connectivity index (χ0n) is 10.3. The van der Waals surface area contributed by atoms with Crippen molar-refractivity contribution in [3.63, 3.8) is 0 Å². The van der Waals surface area contributed by atoms with Gasteiger partial charge in [0, 0.05) is 11.0 Å². The van der Waals surface area contributed by atoms with Crippen molar-refractivity contribution >= 4 is 68.2 Å². The first kappa shape index (κ1) is 15.6. The molecule has 1 heterocycles. The summed E-state index contributed by atoms with van der Waals surface area (Å²) in [5.41, 5.74) is 0.614. The molecule has 2 N–H and O–H groups in total. The topological polar surface area (TPSA) is 49.8 Å². The Morgan fingerprint density at radius 3 is 2.65 bits per heavy atom. The smallest absolute Gasteiger partial charge is 0.224 e. The van der Waals surface area contributed by atoms with E-state index in [9.17, 15) is 0 Å². The van der Waals surface area contributed by atoms with Gasteiger partial charge in [0.15, 0.2) is 5.82 Å². The lowest BCUT2D eigenvalue weighted by Gasteiger charge is -2.12. The molecule has 0 amide bonds. The third-order valence-corrected chi connectivity index (χ3v) is 4.41. The summed E-state index contributed by atoms with van der Waals surface area (Å²) in [4.78, 5) is 8.34. The van der Waals surface area contributed by atoms with Crippen molar-refractivity contribution in [1.29, 1.82) is 0 Å². The van der Waals surface area contributed by atoms with Crippen LogP contribution in [0.4, 0.5) is 17.5 Å². The van der Waals surface area contributed by atoms with E-state index in [0.29, 0.717) is 39.1 Å². The van der Waals surface area contributed by atoms with Crippen LogP contribution in [0.15, 0.2) is 22.8 Å². The van der Waals surface area contributed by atoms with Gasteiger partial charge in [-0.05, 0) is 35.0 Å². The molecule has 1 aromatic carbocycles. The van der Waals surface area contributed by atoms with E-state index in [1.165, 1.54) is 6.20 Å². The molecule has 0 aliphatic carbocycles. The molecular weight excluding hydrogens is 386 g/mol. The summed E-state index contributed by atoms with van der Waals surface area (Å²) in [6, 6.07) is 3.57. The van der Waals surface area contributed by atoms with E-state index >= 15 is 0 Å². The Balaban J connectivity index is 2.34. The normalized spacial score (nSPS) is 10.4. The first-order chi connectivity index (χ1) is 9.52. The van der Waals surface area contributed by atoms with Crippen molar-refractivity contribution in [2.75, 3.05) is 17.2 Å². The number of benzene rings is 1. The predicted octanol–water partition coefficient (Wildman–Crippen LogP) is 5.37. The lowest BCUT2D eigenvalue weighted by atomic mass is 10.3. The zero-order chi connectivity index (χ0) is 14.7. The molecule has 2 rings (SSSR count). The predicted molar refractivity (Wildman–Crippen MR) is 88.7 cm³/mol. The van der Waals surface area contributed by atoms with Gasteiger partial charge < -0.3 is 10.6 Å². The Morgan fingerprint density at radius 1 is 1.20 bits per heavy atom. The van der Waals surface area contributed by atoms with Crippen molar-refractivity contribution in [3.05, 3.63) is 37.9 Å². The molecule has 0 spiro atoms. The lowest BCUT2D eigenvalue weighted by molar-refractivity contribution is 1.09. The van der Waals surface area contributed by atoms with Gasteiger partial charge >= 0.3 is 0 Å². The number of hydrogen-bond donors (Lipinski definition) is 2. The van der Waals surface area contributed by atoms with Crippen LogP contribution in [0.3, 0.4) is 0 Å². The Hall–Kier alpha value is -0.750. The summed E-state index contributed by atoms with van der Waals surface area (Å²) in [5.74, 6) is 0.941. The van der Waals surface area contributed by atoms with Gasteiger partial charge in [-0.3, -0.25) is 0 Å². The standard InChI is InChI=1S/C12H10BrCl3N4/c1-2-17-12-18-5-7(14)11(20-12)19-8-4-3-6(13)9(15)10(8)16/h3-5H,2H2,1H3,(H2,17,18,19,20). The third kappa shape index (κ3) is 3.47. The van der Waals surface area contributed by atoms with Crippen molar-refractivity contribution in [1.82, 2.24) is 9.97 Å². The number of rotatable bonds is 4. The van der Waals surface area contributed by atoms with E-state index in [4.69, 9.17) is 34.8 Å². The molecule has 0 unspecified atom stereocenters. The average molecular weight is 397 g/mol. The average Bonchev–Trinajstić information content (AvgIpc) is 2.43. The summed E-state index contributed by atoms with van der Waals surface area (Å²) in [6.45, 7) is 2.67. The van der Waals surface area contributed by atoms with Crippen molar-refractivity contribution in [2.24, 2.45) is 0 Å². The van der Waals surface area contributed by atoms with Crippen LogP contribution in [0.1, 0.15) is 6.92 Å². The molecule has 4 nitrogen and oxygen atoms in total. The van der Waals surface area contributed by atoms with Gasteiger partial charge in [0.2, 0.25) is 5.95 Å². The molecule has 2 aromatic rings. The molecule has 0 aliphatic heterocycles. The van der Waals surface area contributed by atoms with Gasteiger partial charge in [-0.1, -0.05) is 34.8 Å². The van der Waals surface area contributed by atoms with Crippen LogP contribution in [0, 0.1) is 0 Å². The molecule has 1 aromatic heterocycles. The van der Waals surface area contributed by atoms with E-state index in [0.717, 1.165) is 4.47 Å². The van der Waals surface area contributed by atoms with Crippen LogP contribution >= 0.6 is 50.7 Å². The summed E-state index contributed by atoms with van der Waals surface area (Å²) in [7, 11) is 0.